The third-order valence-corrected chi connectivity index (χ3v) is 4.38. The van der Waals surface area contributed by atoms with E-state index in [0.717, 1.165) is 0 Å². The van der Waals surface area contributed by atoms with Crippen molar-refractivity contribution in [1.82, 2.24) is 4.98 Å². The number of phenols is 1. The summed E-state index contributed by atoms with van der Waals surface area (Å²) in [7, 11) is 0. The molecule has 0 aliphatic rings. The van der Waals surface area contributed by atoms with Gasteiger partial charge in [-0.15, -0.1) is 0 Å². The number of phenolic OH excluding ortho intramolecular Hbond substituents is 1. The molecule has 0 saturated heterocycles. The van der Waals surface area contributed by atoms with E-state index in [1.165, 1.54) is 36.4 Å². The fourth-order valence-corrected chi connectivity index (χ4v) is 2.89. The van der Waals surface area contributed by atoms with Gasteiger partial charge < -0.3 is 21.9 Å². The molecule has 0 aliphatic carbocycles. The van der Waals surface area contributed by atoms with Crippen molar-refractivity contribution in [3.8, 4) is 23.3 Å². The molecule has 1 aromatic heterocycles. The Morgan fingerprint density at radius 3 is 2.28 bits per heavy atom. The SMILES string of the molecule is N#Cc1cc2c(Oc3ccc(NC(=O)Nc4ccc(F)cc4)cc3)ccnc2cc1O.[H-].[Na+]. The summed E-state index contributed by atoms with van der Waals surface area (Å²) in [6, 6.07) is 18.1. The van der Waals surface area contributed by atoms with E-state index >= 15 is 0 Å². The quantitative estimate of drug-likeness (QED) is 0.425. The summed E-state index contributed by atoms with van der Waals surface area (Å²) in [5, 5.41) is 24.8. The molecule has 1 heterocycles. The van der Waals surface area contributed by atoms with Crippen molar-refractivity contribution in [3.63, 3.8) is 0 Å². The van der Waals surface area contributed by atoms with E-state index in [4.69, 9.17) is 10.00 Å². The van der Waals surface area contributed by atoms with Crippen LogP contribution in [0.25, 0.3) is 10.9 Å². The van der Waals surface area contributed by atoms with E-state index in [1.807, 2.05) is 6.07 Å². The number of hydrogen-bond acceptors (Lipinski definition) is 5. The van der Waals surface area contributed by atoms with E-state index in [0.29, 0.717) is 33.8 Å². The van der Waals surface area contributed by atoms with E-state index < -0.39 is 6.03 Å². The van der Waals surface area contributed by atoms with Crippen molar-refractivity contribution in [2.75, 3.05) is 10.6 Å². The normalized spacial score (nSPS) is 10.0. The van der Waals surface area contributed by atoms with Gasteiger partial charge >= 0.3 is 35.6 Å². The molecule has 9 heteroatoms. The summed E-state index contributed by atoms with van der Waals surface area (Å²) in [5.74, 6) is 0.443. The molecule has 0 unspecified atom stereocenters. The van der Waals surface area contributed by atoms with Gasteiger partial charge in [-0.25, -0.2) is 9.18 Å². The molecule has 0 fully saturated rings. The van der Waals surface area contributed by atoms with Crippen LogP contribution in [0.4, 0.5) is 20.6 Å². The summed E-state index contributed by atoms with van der Waals surface area (Å²) in [6.45, 7) is 0. The largest absolute Gasteiger partial charge is 1.00 e. The number of benzene rings is 3. The first kappa shape index (κ1) is 23.0. The van der Waals surface area contributed by atoms with Crippen molar-refractivity contribution in [2.24, 2.45) is 0 Å². The zero-order chi connectivity index (χ0) is 21.8. The van der Waals surface area contributed by atoms with Gasteiger partial charge in [0.2, 0.25) is 0 Å². The van der Waals surface area contributed by atoms with Gasteiger partial charge in [0.15, 0.2) is 0 Å². The first-order chi connectivity index (χ1) is 15.0. The Hall–Kier alpha value is -3.64. The minimum atomic E-state index is -0.468. The number of aromatic nitrogens is 1. The second-order valence-electron chi connectivity index (χ2n) is 6.52. The zero-order valence-electron chi connectivity index (χ0n) is 18.0. The molecule has 7 nitrogen and oxygen atoms in total. The van der Waals surface area contributed by atoms with Crippen molar-refractivity contribution in [3.05, 3.63) is 84.3 Å². The maximum atomic E-state index is 12.9. The molecule has 32 heavy (non-hydrogen) atoms. The van der Waals surface area contributed by atoms with Crippen molar-refractivity contribution < 1.29 is 50.0 Å². The third kappa shape index (κ3) is 5.34. The maximum absolute atomic E-state index is 12.9. The summed E-state index contributed by atoms with van der Waals surface area (Å²) in [4.78, 5) is 16.3. The van der Waals surface area contributed by atoms with Crippen LogP contribution in [0.5, 0.6) is 17.2 Å². The number of nitriles is 1. The standard InChI is InChI=1S/C23H15FN4O3.Na.H/c24-15-1-3-16(4-2-15)27-23(30)28-17-5-7-18(8-6-17)31-22-9-10-26-20-12-21(29)14(13-25)11-19(20)22;;/h1-12,29H,(H2,27,28,30);;/q;+1;-1. The van der Waals surface area contributed by atoms with Gasteiger partial charge in [0.25, 0.3) is 0 Å². The number of hydrogen-bond donors (Lipinski definition) is 3. The average molecular weight is 438 g/mol. The van der Waals surface area contributed by atoms with Crippen molar-refractivity contribution >= 4 is 28.3 Å². The predicted octanol–water partition coefficient (Wildman–Crippen LogP) is 2.50. The number of halogens is 1. The van der Waals surface area contributed by atoms with Gasteiger partial charge in [-0.2, -0.15) is 5.26 Å². The van der Waals surface area contributed by atoms with Gasteiger partial charge in [0.05, 0.1) is 11.1 Å². The molecule has 3 N–H and O–H groups in total. The van der Waals surface area contributed by atoms with Crippen LogP contribution in [0, 0.1) is 17.1 Å². The number of anilines is 2. The molecule has 154 valence electrons. The van der Waals surface area contributed by atoms with Crippen LogP contribution in [-0.4, -0.2) is 16.1 Å². The zero-order valence-corrected chi connectivity index (χ0v) is 19.0. The molecule has 2 amide bonds. The van der Waals surface area contributed by atoms with E-state index in [9.17, 15) is 14.3 Å². The Morgan fingerprint density at radius 1 is 1.03 bits per heavy atom. The number of carbonyl (C=O) groups is 1. The predicted molar refractivity (Wildman–Crippen MR) is 115 cm³/mol. The molecule has 0 radical (unpaired) electrons. The van der Waals surface area contributed by atoms with Crippen LogP contribution in [0.2, 0.25) is 0 Å². The van der Waals surface area contributed by atoms with Crippen molar-refractivity contribution in [1.29, 1.82) is 5.26 Å². The van der Waals surface area contributed by atoms with Crippen LogP contribution in [-0.2, 0) is 0 Å². The summed E-state index contributed by atoms with van der Waals surface area (Å²) >= 11 is 0. The molecular weight excluding hydrogens is 422 g/mol. The molecule has 0 bridgehead atoms. The number of pyridine rings is 1. The number of aromatic hydroxyl groups is 1. The number of urea groups is 1. The topological polar surface area (TPSA) is 107 Å². The third-order valence-electron chi connectivity index (χ3n) is 4.38. The second kappa shape index (κ2) is 10.1. The Balaban J connectivity index is 0.00000193. The minimum Gasteiger partial charge on any atom is -1.00 e. The number of fused-ring (bicyclic) bond motifs is 1. The Morgan fingerprint density at radius 2 is 1.66 bits per heavy atom. The fourth-order valence-electron chi connectivity index (χ4n) is 2.89. The molecule has 0 spiro atoms. The van der Waals surface area contributed by atoms with E-state index in [2.05, 4.69) is 15.6 Å². The molecular formula is C23H16FN4NaO3. The Kier molecular flexibility index (Phi) is 7.28. The van der Waals surface area contributed by atoms with Gasteiger partial charge in [-0.1, -0.05) is 0 Å². The molecule has 0 aliphatic heterocycles. The minimum absolute atomic E-state index is 0. The van der Waals surface area contributed by atoms with Crippen LogP contribution in [0.15, 0.2) is 72.9 Å². The molecule has 0 atom stereocenters. The number of amides is 2. The average Bonchev–Trinajstić information content (AvgIpc) is 2.76. The van der Waals surface area contributed by atoms with Gasteiger partial charge in [0, 0.05) is 29.0 Å². The van der Waals surface area contributed by atoms with Gasteiger partial charge in [0.1, 0.15) is 29.1 Å². The van der Waals surface area contributed by atoms with Crippen LogP contribution in [0.1, 0.15) is 6.99 Å². The van der Waals surface area contributed by atoms with E-state index in [1.54, 1.807) is 36.5 Å². The van der Waals surface area contributed by atoms with Crippen LogP contribution >= 0.6 is 0 Å². The number of carbonyl (C=O) groups excluding carboxylic acids is 1. The number of nitrogens with zero attached hydrogens (tertiary/aromatic N) is 2. The van der Waals surface area contributed by atoms with E-state index in [-0.39, 0.29) is 48.1 Å². The molecule has 0 saturated carbocycles. The van der Waals surface area contributed by atoms with Gasteiger partial charge in [-0.05, 0) is 60.7 Å². The smallest absolute Gasteiger partial charge is 1.00 e. The summed E-state index contributed by atoms with van der Waals surface area (Å²) < 4.78 is 18.8. The second-order valence-corrected chi connectivity index (χ2v) is 6.52. The summed E-state index contributed by atoms with van der Waals surface area (Å²) in [6.07, 6.45) is 1.54. The fraction of sp³-hybridized carbons (Fsp3) is 0. The maximum Gasteiger partial charge on any atom is 1.00 e. The number of nitrogens with one attached hydrogen (secondary N) is 2. The van der Waals surface area contributed by atoms with Crippen molar-refractivity contribution in [2.45, 2.75) is 0 Å². The van der Waals surface area contributed by atoms with Gasteiger partial charge in [-0.3, -0.25) is 4.98 Å². The monoisotopic (exact) mass is 438 g/mol. The number of rotatable bonds is 4. The Labute approximate surface area is 206 Å². The first-order valence-corrected chi connectivity index (χ1v) is 9.15. The first-order valence-electron chi connectivity index (χ1n) is 9.15. The summed E-state index contributed by atoms with van der Waals surface area (Å²) in [5.41, 5.74) is 1.61. The van der Waals surface area contributed by atoms with Crippen LogP contribution in [0.3, 0.4) is 0 Å². The molecule has 4 aromatic rings. The molecule has 3 aromatic carbocycles. The Bertz CT molecular complexity index is 1310. The van der Waals surface area contributed by atoms with Crippen LogP contribution < -0.4 is 44.9 Å². The molecule has 4 rings (SSSR count). The number of ether oxygens (including phenoxy) is 1.